The van der Waals surface area contributed by atoms with Crippen molar-refractivity contribution in [1.82, 2.24) is 0 Å². The molecule has 0 saturated carbocycles. The molecule has 0 heterocycles. The van der Waals surface area contributed by atoms with Crippen LogP contribution in [0, 0.1) is 5.82 Å². The summed E-state index contributed by atoms with van der Waals surface area (Å²) < 4.78 is 12.4. The Labute approximate surface area is 70.3 Å². The summed E-state index contributed by atoms with van der Waals surface area (Å²) in [5, 5.41) is 11.0. The van der Waals surface area contributed by atoms with Gasteiger partial charge in [-0.1, -0.05) is 12.1 Å². The molecule has 64 valence electrons. The lowest BCUT2D eigenvalue weighted by Crippen LogP contribution is -1.86. The zero-order valence-electron chi connectivity index (χ0n) is 6.57. The number of aryl methyl sites for hydroxylation is 1. The highest BCUT2D eigenvalue weighted by Gasteiger charge is 1.91. The number of hydrogen-bond donors (Lipinski definition) is 1. The molecule has 0 atom stereocenters. The van der Waals surface area contributed by atoms with Crippen LogP contribution in [0.5, 0.6) is 0 Å². The van der Waals surface area contributed by atoms with Gasteiger partial charge in [0.25, 0.3) is 0 Å². The van der Waals surface area contributed by atoms with Gasteiger partial charge < -0.3 is 5.21 Å². The fourth-order valence-electron chi connectivity index (χ4n) is 0.940. The lowest BCUT2D eigenvalue weighted by atomic mass is 10.1. The second-order valence-corrected chi connectivity index (χ2v) is 2.46. The largest absolute Gasteiger partial charge is 0.411 e. The molecule has 2 nitrogen and oxygen atoms in total. The van der Waals surface area contributed by atoms with Gasteiger partial charge in [-0.05, 0) is 30.5 Å². The Bertz CT molecular complexity index is 256. The smallest absolute Gasteiger partial charge is 0.123 e. The molecule has 0 bridgehead atoms. The minimum absolute atomic E-state index is 0.227. The first kappa shape index (κ1) is 8.71. The van der Waals surface area contributed by atoms with Gasteiger partial charge in [0.05, 0.1) is 0 Å². The van der Waals surface area contributed by atoms with Gasteiger partial charge in [-0.15, -0.1) is 5.16 Å². The lowest BCUT2D eigenvalue weighted by Gasteiger charge is -1.95. The summed E-state index contributed by atoms with van der Waals surface area (Å²) in [5.74, 6) is -0.227. The summed E-state index contributed by atoms with van der Waals surface area (Å²) in [7, 11) is 0. The maximum absolute atomic E-state index is 12.4. The van der Waals surface area contributed by atoms with Gasteiger partial charge in [0.2, 0.25) is 0 Å². The SMILES string of the molecule is ON=CCCc1ccc(F)cc1. The Morgan fingerprint density at radius 2 is 2.00 bits per heavy atom. The molecule has 3 heteroatoms. The molecule has 0 spiro atoms. The van der Waals surface area contributed by atoms with Crippen molar-refractivity contribution in [2.45, 2.75) is 12.8 Å². The van der Waals surface area contributed by atoms with Crippen molar-refractivity contribution in [2.24, 2.45) is 5.16 Å². The van der Waals surface area contributed by atoms with Gasteiger partial charge in [-0.2, -0.15) is 0 Å². The van der Waals surface area contributed by atoms with E-state index in [4.69, 9.17) is 5.21 Å². The highest BCUT2D eigenvalue weighted by molar-refractivity contribution is 5.56. The van der Waals surface area contributed by atoms with Crippen LogP contribution in [0.1, 0.15) is 12.0 Å². The molecule has 0 amide bonds. The number of rotatable bonds is 3. The van der Waals surface area contributed by atoms with Crippen LogP contribution in [-0.4, -0.2) is 11.4 Å². The average Bonchev–Trinajstić information content (AvgIpc) is 2.09. The third-order valence-electron chi connectivity index (χ3n) is 1.56. The number of oxime groups is 1. The first-order chi connectivity index (χ1) is 5.83. The molecule has 0 unspecified atom stereocenters. The standard InChI is InChI=1S/C9H10FNO/c10-9-5-3-8(4-6-9)2-1-7-11-12/h3-7,12H,1-2H2. The van der Waals surface area contributed by atoms with Crippen molar-refractivity contribution in [3.8, 4) is 0 Å². The predicted octanol–water partition coefficient (Wildman–Crippen LogP) is 2.22. The second kappa shape index (κ2) is 4.49. The Morgan fingerprint density at radius 1 is 1.33 bits per heavy atom. The highest BCUT2D eigenvalue weighted by atomic mass is 19.1. The lowest BCUT2D eigenvalue weighted by molar-refractivity contribution is 0.320. The van der Waals surface area contributed by atoms with Crippen molar-refractivity contribution in [3.05, 3.63) is 35.6 Å². The molecule has 0 fully saturated rings. The van der Waals surface area contributed by atoms with Crippen LogP contribution < -0.4 is 0 Å². The quantitative estimate of drug-likeness (QED) is 0.418. The van der Waals surface area contributed by atoms with Crippen LogP contribution in [-0.2, 0) is 6.42 Å². The van der Waals surface area contributed by atoms with Crippen LogP contribution in [0.4, 0.5) is 4.39 Å². The van der Waals surface area contributed by atoms with Gasteiger partial charge in [0.1, 0.15) is 5.82 Å². The van der Waals surface area contributed by atoms with E-state index < -0.39 is 0 Å². The number of hydrogen-bond acceptors (Lipinski definition) is 2. The Balaban J connectivity index is 2.47. The van der Waals surface area contributed by atoms with E-state index >= 15 is 0 Å². The van der Waals surface area contributed by atoms with E-state index in [0.717, 1.165) is 12.0 Å². The zero-order valence-corrected chi connectivity index (χ0v) is 6.57. The van der Waals surface area contributed by atoms with Crippen LogP contribution in [0.25, 0.3) is 0 Å². The minimum Gasteiger partial charge on any atom is -0.411 e. The van der Waals surface area contributed by atoms with E-state index in [0.29, 0.717) is 6.42 Å². The Kier molecular flexibility index (Phi) is 3.26. The van der Waals surface area contributed by atoms with Crippen LogP contribution >= 0.6 is 0 Å². The third-order valence-corrected chi connectivity index (χ3v) is 1.56. The fraction of sp³-hybridized carbons (Fsp3) is 0.222. The summed E-state index contributed by atoms with van der Waals surface area (Å²) in [6.45, 7) is 0. The summed E-state index contributed by atoms with van der Waals surface area (Å²) in [6, 6.07) is 6.29. The summed E-state index contributed by atoms with van der Waals surface area (Å²) in [5.41, 5.74) is 1.04. The first-order valence-corrected chi connectivity index (χ1v) is 3.73. The van der Waals surface area contributed by atoms with Crippen molar-refractivity contribution < 1.29 is 9.60 Å². The fourth-order valence-corrected chi connectivity index (χ4v) is 0.940. The van der Waals surface area contributed by atoms with E-state index in [1.807, 2.05) is 0 Å². The van der Waals surface area contributed by atoms with Crippen LogP contribution in [0.3, 0.4) is 0 Å². The molecule has 1 rings (SSSR count). The Morgan fingerprint density at radius 3 is 2.58 bits per heavy atom. The molecule has 1 aromatic rings. The minimum atomic E-state index is -0.227. The van der Waals surface area contributed by atoms with Gasteiger partial charge in [-0.3, -0.25) is 0 Å². The summed E-state index contributed by atoms with van der Waals surface area (Å²) in [6.07, 6.45) is 2.86. The monoisotopic (exact) mass is 167 g/mol. The molecule has 0 aliphatic carbocycles. The number of nitrogens with zero attached hydrogens (tertiary/aromatic N) is 1. The maximum atomic E-state index is 12.4. The van der Waals surface area contributed by atoms with E-state index in [-0.39, 0.29) is 5.82 Å². The maximum Gasteiger partial charge on any atom is 0.123 e. The molecular formula is C9H10FNO. The molecule has 12 heavy (non-hydrogen) atoms. The molecule has 1 N–H and O–H groups in total. The van der Waals surface area contributed by atoms with E-state index in [1.54, 1.807) is 12.1 Å². The molecule has 0 radical (unpaired) electrons. The van der Waals surface area contributed by atoms with E-state index in [2.05, 4.69) is 5.16 Å². The molecule has 0 saturated heterocycles. The normalized spacial score (nSPS) is 10.8. The Hall–Kier alpha value is -1.38. The van der Waals surface area contributed by atoms with Crippen LogP contribution in [0.2, 0.25) is 0 Å². The highest BCUT2D eigenvalue weighted by Crippen LogP contribution is 2.04. The molecule has 1 aromatic carbocycles. The first-order valence-electron chi connectivity index (χ1n) is 3.73. The van der Waals surface area contributed by atoms with Gasteiger partial charge in [-0.25, -0.2) is 4.39 Å². The topological polar surface area (TPSA) is 32.6 Å². The second-order valence-electron chi connectivity index (χ2n) is 2.46. The third kappa shape index (κ3) is 2.70. The van der Waals surface area contributed by atoms with E-state index in [9.17, 15) is 4.39 Å². The van der Waals surface area contributed by atoms with Crippen LogP contribution in [0.15, 0.2) is 29.4 Å². The van der Waals surface area contributed by atoms with Crippen molar-refractivity contribution in [2.75, 3.05) is 0 Å². The molecule has 0 aromatic heterocycles. The number of halogens is 1. The van der Waals surface area contributed by atoms with Crippen molar-refractivity contribution in [3.63, 3.8) is 0 Å². The molecule has 0 aliphatic rings. The van der Waals surface area contributed by atoms with Gasteiger partial charge in [0, 0.05) is 6.21 Å². The molecule has 0 aliphatic heterocycles. The average molecular weight is 167 g/mol. The van der Waals surface area contributed by atoms with Gasteiger partial charge >= 0.3 is 0 Å². The number of benzene rings is 1. The van der Waals surface area contributed by atoms with E-state index in [1.165, 1.54) is 18.3 Å². The summed E-state index contributed by atoms with van der Waals surface area (Å²) in [4.78, 5) is 0. The summed E-state index contributed by atoms with van der Waals surface area (Å²) >= 11 is 0. The van der Waals surface area contributed by atoms with Crippen molar-refractivity contribution >= 4 is 6.21 Å². The molecular weight excluding hydrogens is 157 g/mol. The predicted molar refractivity (Wildman–Crippen MR) is 45.0 cm³/mol. The van der Waals surface area contributed by atoms with Gasteiger partial charge in [0.15, 0.2) is 0 Å². The van der Waals surface area contributed by atoms with Crippen molar-refractivity contribution in [1.29, 1.82) is 0 Å². The zero-order chi connectivity index (χ0) is 8.81.